The van der Waals surface area contributed by atoms with E-state index in [4.69, 9.17) is 11.6 Å². The van der Waals surface area contributed by atoms with E-state index in [9.17, 15) is 4.39 Å². The zero-order valence-corrected chi connectivity index (χ0v) is 9.72. The van der Waals surface area contributed by atoms with Crippen molar-refractivity contribution >= 4 is 17.4 Å². The minimum Gasteiger partial charge on any atom is -0.364 e. The number of aromatic nitrogens is 2. The average Bonchev–Trinajstić information content (AvgIpc) is 2.10. The molecule has 0 amide bonds. The van der Waals surface area contributed by atoms with E-state index < -0.39 is 5.82 Å². The Labute approximate surface area is 93.5 Å². The van der Waals surface area contributed by atoms with Gasteiger partial charge >= 0.3 is 0 Å². The summed E-state index contributed by atoms with van der Waals surface area (Å²) >= 11 is 5.57. The van der Waals surface area contributed by atoms with Gasteiger partial charge in [-0.3, -0.25) is 0 Å². The zero-order valence-electron chi connectivity index (χ0n) is 8.96. The second-order valence-electron chi connectivity index (χ2n) is 3.64. The van der Waals surface area contributed by atoms with Crippen LogP contribution in [0.4, 0.5) is 10.2 Å². The highest BCUT2D eigenvalue weighted by atomic mass is 35.5. The molecule has 0 bridgehead atoms. The Hall–Kier alpha value is -0.940. The van der Waals surface area contributed by atoms with E-state index in [0.717, 1.165) is 12.7 Å². The fraction of sp³-hybridized carbons (Fsp3) is 0.556. The van der Waals surface area contributed by atoms with Crippen LogP contribution in [0.5, 0.6) is 0 Å². The molecule has 1 N–H and O–H groups in total. The number of anilines is 1. The van der Waals surface area contributed by atoms with Crippen LogP contribution in [0.3, 0.4) is 0 Å². The fourth-order valence-corrected chi connectivity index (χ4v) is 1.41. The SMILES string of the molecule is CC(CN(C)C)Nc1nc(Cl)ncc1F. The van der Waals surface area contributed by atoms with E-state index in [1.807, 2.05) is 25.9 Å². The van der Waals surface area contributed by atoms with Crippen molar-refractivity contribution < 1.29 is 4.39 Å². The molecule has 15 heavy (non-hydrogen) atoms. The Kier molecular flexibility index (Phi) is 4.23. The highest BCUT2D eigenvalue weighted by Gasteiger charge is 2.09. The van der Waals surface area contributed by atoms with E-state index in [-0.39, 0.29) is 17.1 Å². The van der Waals surface area contributed by atoms with Gasteiger partial charge in [0.1, 0.15) is 0 Å². The van der Waals surface area contributed by atoms with Crippen molar-refractivity contribution in [3.63, 3.8) is 0 Å². The van der Waals surface area contributed by atoms with Crippen LogP contribution in [0.25, 0.3) is 0 Å². The standard InChI is InChI=1S/C9H14ClFN4/c1-6(5-15(2)3)13-8-7(11)4-12-9(10)14-8/h4,6H,5H2,1-3H3,(H,12,13,14). The van der Waals surface area contributed by atoms with Gasteiger partial charge in [-0.1, -0.05) is 0 Å². The van der Waals surface area contributed by atoms with Gasteiger partial charge in [-0.2, -0.15) is 4.98 Å². The van der Waals surface area contributed by atoms with Crippen LogP contribution in [0.2, 0.25) is 5.28 Å². The number of nitrogens with zero attached hydrogens (tertiary/aromatic N) is 3. The number of halogens is 2. The van der Waals surface area contributed by atoms with Crippen LogP contribution in [0, 0.1) is 5.82 Å². The molecule has 0 radical (unpaired) electrons. The summed E-state index contributed by atoms with van der Waals surface area (Å²) in [6.45, 7) is 2.72. The van der Waals surface area contributed by atoms with Crippen molar-refractivity contribution in [1.82, 2.24) is 14.9 Å². The van der Waals surface area contributed by atoms with Gasteiger partial charge in [0.05, 0.1) is 6.20 Å². The molecular formula is C9H14ClFN4. The molecular weight excluding hydrogens is 219 g/mol. The summed E-state index contributed by atoms with van der Waals surface area (Å²) in [7, 11) is 3.89. The average molecular weight is 233 g/mol. The van der Waals surface area contributed by atoms with Crippen molar-refractivity contribution in [3.8, 4) is 0 Å². The van der Waals surface area contributed by atoms with Crippen molar-refractivity contribution in [1.29, 1.82) is 0 Å². The number of nitrogens with one attached hydrogen (secondary N) is 1. The Morgan fingerprint density at radius 1 is 1.60 bits per heavy atom. The quantitative estimate of drug-likeness (QED) is 0.802. The second-order valence-corrected chi connectivity index (χ2v) is 3.98. The summed E-state index contributed by atoms with van der Waals surface area (Å²) in [5.41, 5.74) is 0. The van der Waals surface area contributed by atoms with Gasteiger partial charge in [-0.25, -0.2) is 9.37 Å². The zero-order chi connectivity index (χ0) is 11.4. The van der Waals surface area contributed by atoms with Crippen LogP contribution in [0.1, 0.15) is 6.92 Å². The normalized spacial score (nSPS) is 12.9. The molecule has 6 heteroatoms. The molecule has 0 spiro atoms. The lowest BCUT2D eigenvalue weighted by molar-refractivity contribution is 0.391. The van der Waals surface area contributed by atoms with Gasteiger partial charge in [0.25, 0.3) is 0 Å². The Morgan fingerprint density at radius 3 is 2.87 bits per heavy atom. The van der Waals surface area contributed by atoms with Gasteiger partial charge in [-0.05, 0) is 32.6 Å². The third kappa shape index (κ3) is 3.97. The van der Waals surface area contributed by atoms with Crippen LogP contribution in [-0.4, -0.2) is 41.5 Å². The molecule has 0 fully saturated rings. The maximum Gasteiger partial charge on any atom is 0.224 e. The van der Waals surface area contributed by atoms with Crippen LogP contribution < -0.4 is 5.32 Å². The number of likely N-dealkylation sites (N-methyl/N-ethyl adjacent to an activating group) is 1. The molecule has 1 unspecified atom stereocenters. The monoisotopic (exact) mass is 232 g/mol. The lowest BCUT2D eigenvalue weighted by atomic mass is 10.3. The molecule has 0 saturated carbocycles. The Morgan fingerprint density at radius 2 is 2.27 bits per heavy atom. The van der Waals surface area contributed by atoms with Crippen LogP contribution in [-0.2, 0) is 0 Å². The molecule has 1 aromatic rings. The largest absolute Gasteiger partial charge is 0.364 e. The van der Waals surface area contributed by atoms with Gasteiger partial charge in [-0.15, -0.1) is 0 Å². The fourth-order valence-electron chi connectivity index (χ4n) is 1.27. The summed E-state index contributed by atoms with van der Waals surface area (Å²) in [4.78, 5) is 9.30. The van der Waals surface area contributed by atoms with Crippen LogP contribution in [0.15, 0.2) is 6.20 Å². The van der Waals surface area contributed by atoms with Crippen molar-refractivity contribution in [2.75, 3.05) is 26.0 Å². The molecule has 1 aromatic heterocycles. The van der Waals surface area contributed by atoms with Gasteiger partial charge < -0.3 is 10.2 Å². The first-order valence-electron chi connectivity index (χ1n) is 4.58. The van der Waals surface area contributed by atoms with E-state index >= 15 is 0 Å². The summed E-state index contributed by atoms with van der Waals surface area (Å²) in [6.07, 6.45) is 1.06. The van der Waals surface area contributed by atoms with E-state index in [1.165, 1.54) is 0 Å². The molecule has 0 aliphatic heterocycles. The third-order valence-electron chi connectivity index (χ3n) is 1.74. The first-order chi connectivity index (χ1) is 6.99. The maximum absolute atomic E-state index is 13.2. The smallest absolute Gasteiger partial charge is 0.224 e. The summed E-state index contributed by atoms with van der Waals surface area (Å²) in [6, 6.07) is 0.0838. The maximum atomic E-state index is 13.2. The van der Waals surface area contributed by atoms with Crippen molar-refractivity contribution in [2.24, 2.45) is 0 Å². The van der Waals surface area contributed by atoms with E-state index in [1.54, 1.807) is 0 Å². The molecule has 84 valence electrons. The predicted molar refractivity (Wildman–Crippen MR) is 58.6 cm³/mol. The molecule has 0 saturated heterocycles. The Bertz CT molecular complexity index is 332. The molecule has 1 rings (SSSR count). The summed E-state index contributed by atoms with van der Waals surface area (Å²) in [5, 5.41) is 2.97. The first-order valence-corrected chi connectivity index (χ1v) is 4.96. The molecule has 0 aliphatic carbocycles. The summed E-state index contributed by atoms with van der Waals surface area (Å²) in [5.74, 6) is -0.352. The molecule has 0 aliphatic rings. The minimum atomic E-state index is -0.495. The second kappa shape index (κ2) is 5.23. The topological polar surface area (TPSA) is 41.0 Å². The number of rotatable bonds is 4. The lowest BCUT2D eigenvalue weighted by Crippen LogP contribution is -2.30. The number of hydrogen-bond acceptors (Lipinski definition) is 4. The molecule has 0 aromatic carbocycles. The van der Waals surface area contributed by atoms with Gasteiger partial charge in [0.15, 0.2) is 11.6 Å². The van der Waals surface area contributed by atoms with E-state index in [0.29, 0.717) is 0 Å². The highest BCUT2D eigenvalue weighted by Crippen LogP contribution is 2.12. The van der Waals surface area contributed by atoms with Gasteiger partial charge in [0.2, 0.25) is 5.28 Å². The first kappa shape index (κ1) is 12.1. The summed E-state index contributed by atoms with van der Waals surface area (Å²) < 4.78 is 13.2. The molecule has 4 nitrogen and oxygen atoms in total. The third-order valence-corrected chi connectivity index (χ3v) is 1.92. The van der Waals surface area contributed by atoms with Crippen LogP contribution >= 0.6 is 11.6 Å². The molecule has 1 heterocycles. The predicted octanol–water partition coefficient (Wildman–Crippen LogP) is 1.63. The lowest BCUT2D eigenvalue weighted by Gasteiger charge is -2.18. The number of hydrogen-bond donors (Lipinski definition) is 1. The van der Waals surface area contributed by atoms with E-state index in [2.05, 4.69) is 15.3 Å². The highest BCUT2D eigenvalue weighted by molar-refractivity contribution is 6.28. The van der Waals surface area contributed by atoms with Gasteiger partial charge in [0, 0.05) is 12.6 Å². The molecule has 1 atom stereocenters. The van der Waals surface area contributed by atoms with Crippen molar-refractivity contribution in [3.05, 3.63) is 17.3 Å². The minimum absolute atomic E-state index is 0.0379. The van der Waals surface area contributed by atoms with Crippen molar-refractivity contribution in [2.45, 2.75) is 13.0 Å². The Balaban J connectivity index is 2.67.